The number of anilines is 1. The van der Waals surface area contributed by atoms with Crippen molar-refractivity contribution in [3.63, 3.8) is 0 Å². The van der Waals surface area contributed by atoms with Gasteiger partial charge in [-0.15, -0.1) is 0 Å². The molecule has 8 heteroatoms. The van der Waals surface area contributed by atoms with Gasteiger partial charge in [0, 0.05) is 23.9 Å². The fourth-order valence-corrected chi connectivity index (χ4v) is 4.43. The molecule has 0 saturated heterocycles. The molecule has 0 fully saturated rings. The van der Waals surface area contributed by atoms with Crippen LogP contribution in [0.1, 0.15) is 25.0 Å². The molecular formula is C23H27N3O5. The van der Waals surface area contributed by atoms with E-state index in [-0.39, 0.29) is 0 Å². The SMILES string of the molecule is C[C@@H](O)CNC(N=C1Nc2ccccc2C12COc1cc3c(cc12)OCCO3)[C@@H](C)O. The predicted molar refractivity (Wildman–Crippen MR) is 116 cm³/mol. The highest BCUT2D eigenvalue weighted by Crippen LogP contribution is 2.53. The van der Waals surface area contributed by atoms with E-state index < -0.39 is 23.8 Å². The van der Waals surface area contributed by atoms with Crippen LogP contribution in [0.5, 0.6) is 17.2 Å². The Kier molecular flexibility index (Phi) is 5.00. The number of rotatable bonds is 5. The number of nitrogens with zero attached hydrogens (tertiary/aromatic N) is 1. The van der Waals surface area contributed by atoms with E-state index in [2.05, 4.69) is 16.7 Å². The van der Waals surface area contributed by atoms with E-state index in [1.807, 2.05) is 30.3 Å². The smallest absolute Gasteiger partial charge is 0.165 e. The summed E-state index contributed by atoms with van der Waals surface area (Å²) in [5.41, 5.74) is 2.31. The molecular weight excluding hydrogens is 398 g/mol. The number of aliphatic hydroxyl groups excluding tert-OH is 2. The van der Waals surface area contributed by atoms with Crippen LogP contribution in [0.3, 0.4) is 0 Å². The van der Waals surface area contributed by atoms with Crippen LogP contribution in [0, 0.1) is 0 Å². The van der Waals surface area contributed by atoms with Crippen molar-refractivity contribution in [2.45, 2.75) is 37.6 Å². The third-order valence-electron chi connectivity index (χ3n) is 5.94. The molecule has 31 heavy (non-hydrogen) atoms. The van der Waals surface area contributed by atoms with Gasteiger partial charge in [-0.2, -0.15) is 0 Å². The minimum atomic E-state index is -0.754. The topological polar surface area (TPSA) is 105 Å². The minimum Gasteiger partial charge on any atom is -0.491 e. The zero-order valence-corrected chi connectivity index (χ0v) is 17.6. The van der Waals surface area contributed by atoms with Crippen LogP contribution < -0.4 is 24.8 Å². The van der Waals surface area contributed by atoms with Gasteiger partial charge in [-0.1, -0.05) is 18.2 Å². The molecule has 3 heterocycles. The molecule has 0 radical (unpaired) electrons. The molecule has 2 aromatic carbocycles. The Morgan fingerprint density at radius 1 is 1.03 bits per heavy atom. The maximum atomic E-state index is 10.3. The van der Waals surface area contributed by atoms with E-state index in [0.29, 0.717) is 43.7 Å². The highest BCUT2D eigenvalue weighted by molar-refractivity contribution is 6.13. The van der Waals surface area contributed by atoms with E-state index >= 15 is 0 Å². The maximum absolute atomic E-state index is 10.3. The first-order chi connectivity index (χ1) is 15.0. The van der Waals surface area contributed by atoms with Gasteiger partial charge in [-0.25, -0.2) is 4.99 Å². The Bertz CT molecular complexity index is 1020. The lowest BCUT2D eigenvalue weighted by molar-refractivity contribution is 0.130. The van der Waals surface area contributed by atoms with Crippen molar-refractivity contribution < 1.29 is 24.4 Å². The van der Waals surface area contributed by atoms with Crippen LogP contribution >= 0.6 is 0 Å². The van der Waals surface area contributed by atoms with Gasteiger partial charge < -0.3 is 29.7 Å². The second-order valence-electron chi connectivity index (χ2n) is 8.28. The summed E-state index contributed by atoms with van der Waals surface area (Å²) in [7, 11) is 0. The zero-order valence-electron chi connectivity index (χ0n) is 17.6. The number of ether oxygens (including phenoxy) is 3. The van der Waals surface area contributed by atoms with Crippen LogP contribution in [0.4, 0.5) is 5.69 Å². The lowest BCUT2D eigenvalue weighted by Gasteiger charge is -2.27. The zero-order chi connectivity index (χ0) is 21.6. The molecule has 1 spiro atoms. The van der Waals surface area contributed by atoms with Crippen molar-refractivity contribution in [2.75, 3.05) is 31.7 Å². The van der Waals surface area contributed by atoms with E-state index in [1.165, 1.54) is 0 Å². The number of nitrogens with one attached hydrogen (secondary N) is 2. The molecule has 0 aromatic heterocycles. The van der Waals surface area contributed by atoms with Crippen molar-refractivity contribution >= 4 is 11.5 Å². The molecule has 3 aliphatic heterocycles. The summed E-state index contributed by atoms with van der Waals surface area (Å²) in [6, 6.07) is 11.9. The summed E-state index contributed by atoms with van der Waals surface area (Å²) in [4.78, 5) is 4.89. The number of aliphatic hydroxyl groups is 2. The first-order valence-electron chi connectivity index (χ1n) is 10.6. The van der Waals surface area contributed by atoms with Crippen molar-refractivity contribution in [3.8, 4) is 17.2 Å². The van der Waals surface area contributed by atoms with Gasteiger partial charge >= 0.3 is 0 Å². The number of hydrogen-bond acceptors (Lipinski definition) is 7. The largest absolute Gasteiger partial charge is 0.491 e. The third kappa shape index (κ3) is 3.31. The second-order valence-corrected chi connectivity index (χ2v) is 8.28. The summed E-state index contributed by atoms with van der Waals surface area (Å²) in [5.74, 6) is 2.80. The Balaban J connectivity index is 1.63. The Labute approximate surface area is 180 Å². The summed E-state index contributed by atoms with van der Waals surface area (Å²) in [5, 5.41) is 26.6. The molecule has 0 amide bonds. The number of aliphatic imine (C=N–C) groups is 1. The maximum Gasteiger partial charge on any atom is 0.165 e. The summed E-state index contributed by atoms with van der Waals surface area (Å²) in [6.45, 7) is 5.08. The van der Waals surface area contributed by atoms with Crippen LogP contribution in [0.2, 0.25) is 0 Å². The van der Waals surface area contributed by atoms with E-state index in [9.17, 15) is 10.2 Å². The lowest BCUT2D eigenvalue weighted by Crippen LogP contribution is -2.44. The normalized spacial score (nSPS) is 24.8. The second kappa shape index (κ2) is 7.71. The number of hydrogen-bond donors (Lipinski definition) is 4. The highest BCUT2D eigenvalue weighted by atomic mass is 16.6. The standard InChI is InChI=1S/C23H27N3O5/c1-13(27)11-24-21(14(2)28)26-22-23(15-5-3-4-6-17(15)25-22)12-31-18-10-20-19(9-16(18)23)29-7-8-30-20/h3-6,9-10,13-14,21,24,27-28H,7-8,11-12H2,1-2H3,(H,25,26)/t13-,14-,21?,23?/m1/s1. The van der Waals surface area contributed by atoms with Gasteiger partial charge in [0.1, 0.15) is 43.0 Å². The molecule has 0 aliphatic carbocycles. The molecule has 5 rings (SSSR count). The molecule has 4 atom stereocenters. The molecule has 2 aromatic rings. The average Bonchev–Trinajstić information content (AvgIpc) is 3.28. The lowest BCUT2D eigenvalue weighted by atomic mass is 9.76. The Morgan fingerprint density at radius 3 is 2.52 bits per heavy atom. The summed E-state index contributed by atoms with van der Waals surface area (Å²) < 4.78 is 17.7. The fourth-order valence-electron chi connectivity index (χ4n) is 4.43. The predicted octanol–water partition coefficient (Wildman–Crippen LogP) is 1.64. The van der Waals surface area contributed by atoms with Crippen molar-refractivity contribution in [2.24, 2.45) is 4.99 Å². The number of benzene rings is 2. The van der Waals surface area contributed by atoms with Gasteiger partial charge in [-0.05, 0) is 31.5 Å². The molecule has 164 valence electrons. The van der Waals surface area contributed by atoms with Crippen LogP contribution in [0.15, 0.2) is 41.4 Å². The first kappa shape index (κ1) is 20.1. The van der Waals surface area contributed by atoms with Gasteiger partial charge in [0.05, 0.1) is 12.2 Å². The first-order valence-corrected chi connectivity index (χ1v) is 10.6. The van der Waals surface area contributed by atoms with Gasteiger partial charge in [0.2, 0.25) is 0 Å². The quantitative estimate of drug-likeness (QED) is 0.577. The summed E-state index contributed by atoms with van der Waals surface area (Å²) in [6.07, 6.45) is -1.90. The monoisotopic (exact) mass is 425 g/mol. The molecule has 8 nitrogen and oxygen atoms in total. The van der Waals surface area contributed by atoms with Crippen molar-refractivity contribution in [3.05, 3.63) is 47.5 Å². The average molecular weight is 425 g/mol. The molecule has 0 bridgehead atoms. The van der Waals surface area contributed by atoms with E-state index in [4.69, 9.17) is 19.2 Å². The molecule has 2 unspecified atom stereocenters. The number of para-hydroxylation sites is 1. The van der Waals surface area contributed by atoms with Gasteiger partial charge in [0.15, 0.2) is 11.5 Å². The van der Waals surface area contributed by atoms with Crippen molar-refractivity contribution in [1.29, 1.82) is 0 Å². The van der Waals surface area contributed by atoms with Crippen LogP contribution in [0.25, 0.3) is 0 Å². The van der Waals surface area contributed by atoms with Crippen LogP contribution in [-0.4, -0.2) is 60.8 Å². The Hall–Kier alpha value is -2.81. The molecule has 0 saturated carbocycles. The van der Waals surface area contributed by atoms with E-state index in [0.717, 1.165) is 22.6 Å². The molecule has 3 aliphatic rings. The number of amidine groups is 1. The van der Waals surface area contributed by atoms with E-state index in [1.54, 1.807) is 13.8 Å². The molecule has 4 N–H and O–H groups in total. The minimum absolute atomic E-state index is 0.318. The van der Waals surface area contributed by atoms with Gasteiger partial charge in [0.25, 0.3) is 0 Å². The number of fused-ring (bicyclic) bond motifs is 5. The fraction of sp³-hybridized carbons (Fsp3) is 0.435. The Morgan fingerprint density at radius 2 is 1.77 bits per heavy atom. The van der Waals surface area contributed by atoms with Crippen molar-refractivity contribution in [1.82, 2.24) is 5.32 Å². The van der Waals surface area contributed by atoms with Crippen LogP contribution in [-0.2, 0) is 5.41 Å². The van der Waals surface area contributed by atoms with Gasteiger partial charge in [-0.3, -0.25) is 5.32 Å². The highest BCUT2D eigenvalue weighted by Gasteiger charge is 2.53. The summed E-state index contributed by atoms with van der Waals surface area (Å²) >= 11 is 0. The third-order valence-corrected chi connectivity index (χ3v) is 5.94.